The van der Waals surface area contributed by atoms with Crippen LogP contribution in [0.15, 0.2) is 35.9 Å². The second kappa shape index (κ2) is 5.42. The van der Waals surface area contributed by atoms with Crippen molar-refractivity contribution in [3.05, 3.63) is 69.3 Å². The molecule has 122 valence electrons. The van der Waals surface area contributed by atoms with Gasteiger partial charge in [0.2, 0.25) is 0 Å². The number of aromatic hydroxyl groups is 1. The number of hydrogen-bond donors (Lipinski definition) is 1. The molecular formula is C21H15NO3. The van der Waals surface area contributed by atoms with Crippen molar-refractivity contribution in [1.29, 1.82) is 5.26 Å². The topological polar surface area (TPSA) is 78.2 Å². The van der Waals surface area contributed by atoms with Gasteiger partial charge in [-0.3, -0.25) is 9.59 Å². The summed E-state index contributed by atoms with van der Waals surface area (Å²) in [7, 11) is 0. The van der Waals surface area contributed by atoms with E-state index in [0.717, 1.165) is 12.0 Å². The molecule has 4 heteroatoms. The number of carbonyl (C=O) groups excluding carboxylic acids is 2. The lowest BCUT2D eigenvalue weighted by Gasteiger charge is -2.25. The molecule has 0 atom stereocenters. The van der Waals surface area contributed by atoms with Crippen molar-refractivity contribution in [2.75, 3.05) is 0 Å². The van der Waals surface area contributed by atoms with Gasteiger partial charge in [0, 0.05) is 22.3 Å². The number of nitrogens with zero attached hydrogens (tertiary/aromatic N) is 1. The standard InChI is InChI=1S/C21H15NO3/c1-2-11-7-8-14-15(17(11)10-22)9-16-18(21(14)25)20(24)13-6-4-3-5-12(13)19(16)23/h3-6,9,25H,2,7-8H2,1H3. The van der Waals surface area contributed by atoms with Crippen LogP contribution in [0.4, 0.5) is 0 Å². The molecule has 2 aliphatic rings. The lowest BCUT2D eigenvalue weighted by Crippen LogP contribution is -2.22. The van der Waals surface area contributed by atoms with Gasteiger partial charge in [-0.1, -0.05) is 36.8 Å². The summed E-state index contributed by atoms with van der Waals surface area (Å²) in [5.41, 5.74) is 3.62. The van der Waals surface area contributed by atoms with E-state index in [4.69, 9.17) is 0 Å². The summed E-state index contributed by atoms with van der Waals surface area (Å²) in [5.74, 6) is -0.776. The lowest BCUT2D eigenvalue weighted by molar-refractivity contribution is 0.0976. The minimum absolute atomic E-state index is 0.0692. The van der Waals surface area contributed by atoms with Crippen LogP contribution in [0.25, 0.3) is 5.57 Å². The molecule has 0 saturated heterocycles. The van der Waals surface area contributed by atoms with Gasteiger partial charge in [-0.05, 0) is 30.9 Å². The van der Waals surface area contributed by atoms with Crippen LogP contribution >= 0.6 is 0 Å². The zero-order valence-corrected chi connectivity index (χ0v) is 13.7. The number of benzene rings is 2. The summed E-state index contributed by atoms with van der Waals surface area (Å²) in [5, 5.41) is 20.3. The van der Waals surface area contributed by atoms with Crippen molar-refractivity contribution in [2.24, 2.45) is 0 Å². The molecule has 0 aromatic heterocycles. The van der Waals surface area contributed by atoms with Gasteiger partial charge in [0.15, 0.2) is 11.6 Å². The first-order valence-electron chi connectivity index (χ1n) is 8.28. The molecule has 0 spiro atoms. The molecule has 2 aromatic carbocycles. The highest BCUT2D eigenvalue weighted by Gasteiger charge is 2.35. The highest BCUT2D eigenvalue weighted by Crippen LogP contribution is 2.43. The molecule has 0 fully saturated rings. The summed E-state index contributed by atoms with van der Waals surface area (Å²) in [6.45, 7) is 1.99. The average molecular weight is 329 g/mol. The predicted molar refractivity (Wildman–Crippen MR) is 92.6 cm³/mol. The van der Waals surface area contributed by atoms with E-state index in [-0.39, 0.29) is 28.4 Å². The maximum atomic E-state index is 12.9. The molecule has 2 aliphatic carbocycles. The number of allylic oxidation sites excluding steroid dienone is 2. The summed E-state index contributed by atoms with van der Waals surface area (Å²) in [4.78, 5) is 25.7. The number of ketones is 2. The maximum Gasteiger partial charge on any atom is 0.198 e. The number of carbonyl (C=O) groups is 2. The van der Waals surface area contributed by atoms with Crippen LogP contribution in [0.2, 0.25) is 0 Å². The molecular weight excluding hydrogens is 314 g/mol. The van der Waals surface area contributed by atoms with E-state index in [2.05, 4.69) is 6.07 Å². The molecule has 4 rings (SSSR count). The molecule has 4 nitrogen and oxygen atoms in total. The molecule has 25 heavy (non-hydrogen) atoms. The van der Waals surface area contributed by atoms with Crippen molar-refractivity contribution in [3.8, 4) is 11.8 Å². The fraction of sp³-hybridized carbons (Fsp3) is 0.190. The Balaban J connectivity index is 2.04. The van der Waals surface area contributed by atoms with Gasteiger partial charge in [0.25, 0.3) is 0 Å². The molecule has 0 aliphatic heterocycles. The van der Waals surface area contributed by atoms with Crippen LogP contribution < -0.4 is 0 Å². The monoisotopic (exact) mass is 329 g/mol. The van der Waals surface area contributed by atoms with Gasteiger partial charge >= 0.3 is 0 Å². The SMILES string of the molecule is CCC1=C(C#N)c2cc3c(c(O)c2CC1)C(=O)c1ccccc1C3=O. The molecule has 0 heterocycles. The van der Waals surface area contributed by atoms with E-state index in [1.54, 1.807) is 30.3 Å². The number of phenolic OH excluding ortho intramolecular Hbond substituents is 1. The first-order chi connectivity index (χ1) is 12.1. The van der Waals surface area contributed by atoms with Gasteiger partial charge in [0.1, 0.15) is 5.75 Å². The Labute approximate surface area is 145 Å². The highest BCUT2D eigenvalue weighted by molar-refractivity contribution is 6.29. The fourth-order valence-corrected chi connectivity index (χ4v) is 3.84. The van der Waals surface area contributed by atoms with Crippen molar-refractivity contribution in [3.63, 3.8) is 0 Å². The minimum atomic E-state index is -0.339. The van der Waals surface area contributed by atoms with Crippen molar-refractivity contribution < 1.29 is 14.7 Å². The summed E-state index contributed by atoms with van der Waals surface area (Å²) < 4.78 is 0. The summed E-state index contributed by atoms with van der Waals surface area (Å²) in [6, 6.07) is 10.5. The maximum absolute atomic E-state index is 12.9. The molecule has 0 unspecified atom stereocenters. The van der Waals surface area contributed by atoms with Crippen LogP contribution in [0, 0.1) is 11.3 Å². The third-order valence-corrected chi connectivity index (χ3v) is 5.13. The Morgan fingerprint density at radius 3 is 2.36 bits per heavy atom. The molecule has 1 N–H and O–H groups in total. The van der Waals surface area contributed by atoms with Crippen molar-refractivity contribution in [2.45, 2.75) is 26.2 Å². The zero-order valence-electron chi connectivity index (χ0n) is 13.7. The van der Waals surface area contributed by atoms with E-state index < -0.39 is 0 Å². The number of hydrogen-bond acceptors (Lipinski definition) is 4. The minimum Gasteiger partial charge on any atom is -0.507 e. The third-order valence-electron chi connectivity index (χ3n) is 5.13. The number of nitriles is 1. The first kappa shape index (κ1) is 15.3. The van der Waals surface area contributed by atoms with Crippen LogP contribution in [-0.4, -0.2) is 16.7 Å². The van der Waals surface area contributed by atoms with Crippen LogP contribution in [0.3, 0.4) is 0 Å². The second-order valence-electron chi connectivity index (χ2n) is 6.32. The van der Waals surface area contributed by atoms with Crippen LogP contribution in [-0.2, 0) is 6.42 Å². The zero-order chi connectivity index (χ0) is 17.7. The van der Waals surface area contributed by atoms with Crippen LogP contribution in [0.1, 0.15) is 62.7 Å². The second-order valence-corrected chi connectivity index (χ2v) is 6.32. The van der Waals surface area contributed by atoms with Crippen LogP contribution in [0.5, 0.6) is 5.75 Å². The Kier molecular flexibility index (Phi) is 3.33. The third kappa shape index (κ3) is 1.99. The normalized spacial score (nSPS) is 15.4. The molecule has 2 aromatic rings. The van der Waals surface area contributed by atoms with Gasteiger partial charge in [-0.2, -0.15) is 5.26 Å². The Morgan fingerprint density at radius 1 is 1.04 bits per heavy atom. The number of rotatable bonds is 1. The van der Waals surface area contributed by atoms with Gasteiger partial charge < -0.3 is 5.11 Å². The van der Waals surface area contributed by atoms with E-state index in [0.29, 0.717) is 40.7 Å². The van der Waals surface area contributed by atoms with Crippen molar-refractivity contribution in [1.82, 2.24) is 0 Å². The molecule has 0 radical (unpaired) electrons. The predicted octanol–water partition coefficient (Wildman–Crippen LogP) is 3.80. The molecule has 0 saturated carbocycles. The summed E-state index contributed by atoms with van der Waals surface area (Å²) >= 11 is 0. The van der Waals surface area contributed by atoms with Gasteiger partial charge in [-0.15, -0.1) is 0 Å². The fourth-order valence-electron chi connectivity index (χ4n) is 3.84. The average Bonchev–Trinajstić information content (AvgIpc) is 2.65. The Bertz CT molecular complexity index is 1040. The van der Waals surface area contributed by atoms with Crippen molar-refractivity contribution >= 4 is 17.1 Å². The summed E-state index contributed by atoms with van der Waals surface area (Å²) in [6.07, 6.45) is 1.99. The van der Waals surface area contributed by atoms with E-state index in [1.165, 1.54) is 0 Å². The first-order valence-corrected chi connectivity index (χ1v) is 8.28. The Morgan fingerprint density at radius 2 is 1.72 bits per heavy atom. The number of phenols is 1. The van der Waals surface area contributed by atoms with E-state index in [9.17, 15) is 20.0 Å². The lowest BCUT2D eigenvalue weighted by atomic mass is 9.77. The smallest absolute Gasteiger partial charge is 0.198 e. The number of fused-ring (bicyclic) bond motifs is 3. The molecule has 0 bridgehead atoms. The Hall–Kier alpha value is -3.19. The van der Waals surface area contributed by atoms with E-state index in [1.807, 2.05) is 6.92 Å². The van der Waals surface area contributed by atoms with Gasteiger partial charge in [0.05, 0.1) is 17.2 Å². The molecule has 0 amide bonds. The largest absolute Gasteiger partial charge is 0.507 e. The quantitative estimate of drug-likeness (QED) is 0.736. The highest BCUT2D eigenvalue weighted by atomic mass is 16.3. The van der Waals surface area contributed by atoms with E-state index >= 15 is 0 Å². The van der Waals surface area contributed by atoms with Gasteiger partial charge in [-0.25, -0.2) is 0 Å².